The van der Waals surface area contributed by atoms with Crippen molar-refractivity contribution in [1.29, 1.82) is 0 Å². The van der Waals surface area contributed by atoms with Crippen molar-refractivity contribution in [3.63, 3.8) is 0 Å². The second-order valence-electron chi connectivity index (χ2n) is 4.56. The van der Waals surface area contributed by atoms with Crippen LogP contribution in [0.4, 0.5) is 5.69 Å². The zero-order valence-electron chi connectivity index (χ0n) is 12.5. The number of halogens is 1. The van der Waals surface area contributed by atoms with Crippen molar-refractivity contribution >= 4 is 33.5 Å². The summed E-state index contributed by atoms with van der Waals surface area (Å²) in [5, 5.41) is 2.66. The van der Waals surface area contributed by atoms with Gasteiger partial charge in [-0.2, -0.15) is 0 Å². The molecular formula is C17H16BrNO4. The van der Waals surface area contributed by atoms with Crippen molar-refractivity contribution in [2.24, 2.45) is 0 Å². The van der Waals surface area contributed by atoms with E-state index >= 15 is 0 Å². The highest BCUT2D eigenvalue weighted by Crippen LogP contribution is 2.23. The molecule has 1 amide bonds. The average molecular weight is 378 g/mol. The van der Waals surface area contributed by atoms with E-state index in [-0.39, 0.29) is 6.61 Å². The fourth-order valence-corrected chi connectivity index (χ4v) is 2.27. The molecule has 6 heteroatoms. The van der Waals surface area contributed by atoms with Crippen LogP contribution < -0.4 is 10.1 Å². The normalized spacial score (nSPS) is 10.0. The predicted molar refractivity (Wildman–Crippen MR) is 90.7 cm³/mol. The summed E-state index contributed by atoms with van der Waals surface area (Å²) in [6, 6.07) is 13.8. The Bertz CT molecular complexity index is 702. The number of ether oxygens (including phenoxy) is 2. The van der Waals surface area contributed by atoms with Gasteiger partial charge in [-0.25, -0.2) is 4.79 Å². The molecule has 0 saturated heterocycles. The lowest BCUT2D eigenvalue weighted by Crippen LogP contribution is -2.21. The van der Waals surface area contributed by atoms with E-state index < -0.39 is 11.9 Å². The number of esters is 1. The number of rotatable bonds is 6. The molecule has 0 unspecified atom stereocenters. The van der Waals surface area contributed by atoms with E-state index in [0.717, 1.165) is 4.47 Å². The van der Waals surface area contributed by atoms with Gasteiger partial charge in [0.25, 0.3) is 5.91 Å². The van der Waals surface area contributed by atoms with Crippen LogP contribution in [0.25, 0.3) is 0 Å². The standard InChI is InChI=1S/C17H16BrNO4/c1-2-22-15-9-4-3-8-14(15)19-16(20)11-23-17(21)12-6-5-7-13(18)10-12/h3-10H,2,11H2,1H3,(H,19,20). The number of carbonyl (C=O) groups excluding carboxylic acids is 2. The largest absolute Gasteiger partial charge is 0.492 e. The van der Waals surface area contributed by atoms with Crippen molar-refractivity contribution in [3.8, 4) is 5.75 Å². The van der Waals surface area contributed by atoms with Crippen molar-refractivity contribution in [2.45, 2.75) is 6.92 Å². The van der Waals surface area contributed by atoms with E-state index in [9.17, 15) is 9.59 Å². The van der Waals surface area contributed by atoms with Gasteiger partial charge in [0.2, 0.25) is 0 Å². The van der Waals surface area contributed by atoms with Crippen LogP contribution in [-0.4, -0.2) is 25.1 Å². The van der Waals surface area contributed by atoms with Gasteiger partial charge in [0.1, 0.15) is 5.75 Å². The number of para-hydroxylation sites is 2. The molecule has 0 heterocycles. The Kier molecular flexibility index (Phi) is 6.17. The molecule has 0 aromatic heterocycles. The topological polar surface area (TPSA) is 64.6 Å². The summed E-state index contributed by atoms with van der Waals surface area (Å²) in [7, 11) is 0. The predicted octanol–water partition coefficient (Wildman–Crippen LogP) is 3.64. The highest BCUT2D eigenvalue weighted by molar-refractivity contribution is 9.10. The van der Waals surface area contributed by atoms with Gasteiger partial charge in [-0.05, 0) is 37.3 Å². The van der Waals surface area contributed by atoms with Crippen LogP contribution >= 0.6 is 15.9 Å². The lowest BCUT2D eigenvalue weighted by Gasteiger charge is -2.11. The molecule has 0 bridgehead atoms. The quantitative estimate of drug-likeness (QED) is 0.780. The summed E-state index contributed by atoms with van der Waals surface area (Å²) in [5.74, 6) is -0.415. The molecule has 2 aromatic carbocycles. The third kappa shape index (κ3) is 5.10. The molecule has 0 spiro atoms. The van der Waals surface area contributed by atoms with Gasteiger partial charge in [0, 0.05) is 4.47 Å². The summed E-state index contributed by atoms with van der Waals surface area (Å²) in [5.41, 5.74) is 0.916. The molecule has 2 rings (SSSR count). The number of carbonyl (C=O) groups is 2. The van der Waals surface area contributed by atoms with Gasteiger partial charge in [-0.3, -0.25) is 4.79 Å². The Balaban J connectivity index is 1.92. The van der Waals surface area contributed by atoms with E-state index in [4.69, 9.17) is 9.47 Å². The lowest BCUT2D eigenvalue weighted by molar-refractivity contribution is -0.119. The molecule has 1 N–H and O–H groups in total. The van der Waals surface area contributed by atoms with E-state index in [1.807, 2.05) is 13.0 Å². The summed E-state index contributed by atoms with van der Waals surface area (Å²) >= 11 is 3.28. The highest BCUT2D eigenvalue weighted by atomic mass is 79.9. The summed E-state index contributed by atoms with van der Waals surface area (Å²) in [6.45, 7) is 1.98. The first-order valence-electron chi connectivity index (χ1n) is 7.04. The SMILES string of the molecule is CCOc1ccccc1NC(=O)COC(=O)c1cccc(Br)c1. The minimum atomic E-state index is -0.556. The third-order valence-electron chi connectivity index (χ3n) is 2.86. The van der Waals surface area contributed by atoms with E-state index in [1.165, 1.54) is 0 Å². The van der Waals surface area contributed by atoms with Crippen LogP contribution in [0.2, 0.25) is 0 Å². The number of amides is 1. The third-order valence-corrected chi connectivity index (χ3v) is 3.35. The number of anilines is 1. The van der Waals surface area contributed by atoms with E-state index in [1.54, 1.807) is 42.5 Å². The first-order chi connectivity index (χ1) is 11.1. The zero-order valence-corrected chi connectivity index (χ0v) is 14.1. The van der Waals surface area contributed by atoms with Gasteiger partial charge in [0.05, 0.1) is 17.9 Å². The Morgan fingerprint density at radius 1 is 1.13 bits per heavy atom. The van der Waals surface area contributed by atoms with Crippen LogP contribution in [-0.2, 0) is 9.53 Å². The number of hydrogen-bond donors (Lipinski definition) is 1. The molecule has 0 atom stereocenters. The molecule has 2 aromatic rings. The minimum Gasteiger partial charge on any atom is -0.492 e. The van der Waals surface area contributed by atoms with Gasteiger partial charge < -0.3 is 14.8 Å². The molecule has 5 nitrogen and oxygen atoms in total. The maximum Gasteiger partial charge on any atom is 0.338 e. The molecule has 0 aliphatic heterocycles. The zero-order chi connectivity index (χ0) is 16.7. The lowest BCUT2D eigenvalue weighted by atomic mass is 10.2. The smallest absolute Gasteiger partial charge is 0.338 e. The van der Waals surface area contributed by atoms with Crippen LogP contribution in [0.1, 0.15) is 17.3 Å². The Hall–Kier alpha value is -2.34. The Labute approximate surface area is 142 Å². The van der Waals surface area contributed by atoms with Crippen molar-refractivity contribution in [1.82, 2.24) is 0 Å². The van der Waals surface area contributed by atoms with Crippen molar-refractivity contribution in [3.05, 3.63) is 58.6 Å². The second kappa shape index (κ2) is 8.33. The number of hydrogen-bond acceptors (Lipinski definition) is 4. The van der Waals surface area contributed by atoms with Crippen LogP contribution in [0.3, 0.4) is 0 Å². The van der Waals surface area contributed by atoms with Gasteiger partial charge in [-0.15, -0.1) is 0 Å². The van der Waals surface area contributed by atoms with Crippen LogP contribution in [0.5, 0.6) is 5.75 Å². The second-order valence-corrected chi connectivity index (χ2v) is 5.48. The molecule has 0 radical (unpaired) electrons. The first-order valence-corrected chi connectivity index (χ1v) is 7.84. The molecule has 23 heavy (non-hydrogen) atoms. The summed E-state index contributed by atoms with van der Waals surface area (Å²) in [6.07, 6.45) is 0. The Morgan fingerprint density at radius 3 is 2.65 bits per heavy atom. The number of benzene rings is 2. The van der Waals surface area contributed by atoms with Gasteiger partial charge in [-0.1, -0.05) is 34.1 Å². The fraction of sp³-hybridized carbons (Fsp3) is 0.176. The van der Waals surface area contributed by atoms with Gasteiger partial charge >= 0.3 is 5.97 Å². The Morgan fingerprint density at radius 2 is 1.91 bits per heavy atom. The van der Waals surface area contributed by atoms with E-state index in [2.05, 4.69) is 21.2 Å². The molecule has 0 aliphatic rings. The highest BCUT2D eigenvalue weighted by Gasteiger charge is 2.12. The molecular weight excluding hydrogens is 362 g/mol. The molecule has 0 fully saturated rings. The van der Waals surface area contributed by atoms with Crippen molar-refractivity contribution in [2.75, 3.05) is 18.5 Å². The number of nitrogens with one attached hydrogen (secondary N) is 1. The fourth-order valence-electron chi connectivity index (χ4n) is 1.87. The average Bonchev–Trinajstić information content (AvgIpc) is 2.54. The minimum absolute atomic E-state index is 0.369. The molecule has 0 aliphatic carbocycles. The maximum atomic E-state index is 11.9. The first kappa shape index (κ1) is 17.0. The van der Waals surface area contributed by atoms with E-state index in [0.29, 0.717) is 23.6 Å². The summed E-state index contributed by atoms with van der Waals surface area (Å²) < 4.78 is 11.2. The summed E-state index contributed by atoms with van der Waals surface area (Å²) in [4.78, 5) is 23.8. The monoisotopic (exact) mass is 377 g/mol. The van der Waals surface area contributed by atoms with Crippen LogP contribution in [0.15, 0.2) is 53.0 Å². The molecule has 120 valence electrons. The van der Waals surface area contributed by atoms with Crippen LogP contribution in [0, 0.1) is 0 Å². The maximum absolute atomic E-state index is 11.9. The molecule has 0 saturated carbocycles. The van der Waals surface area contributed by atoms with Crippen molar-refractivity contribution < 1.29 is 19.1 Å². The van der Waals surface area contributed by atoms with Gasteiger partial charge in [0.15, 0.2) is 6.61 Å².